The third-order valence-electron chi connectivity index (χ3n) is 35.0. The topological polar surface area (TPSA) is 29.6 Å². The van der Waals surface area contributed by atoms with Gasteiger partial charge in [-0.05, 0) is 263 Å². The van der Waals surface area contributed by atoms with Crippen molar-refractivity contribution < 1.29 is 67.9 Å². The Balaban J connectivity index is 0.000000190. The quantitative estimate of drug-likeness (QED) is 0.0862. The molecule has 6 fully saturated rings. The van der Waals surface area contributed by atoms with Gasteiger partial charge in [0.15, 0.2) is 0 Å². The van der Waals surface area contributed by atoms with E-state index in [0.717, 1.165) is 56.9 Å². The second-order valence-electron chi connectivity index (χ2n) is 42.4. The molecule has 12 aliphatic carbocycles. The molecule has 24 atom stereocenters. The predicted molar refractivity (Wildman–Crippen MR) is 606 cm³/mol. The Hall–Kier alpha value is -6.10. The van der Waals surface area contributed by atoms with Gasteiger partial charge >= 0.3 is 102 Å². The van der Waals surface area contributed by atoms with Gasteiger partial charge in [0.25, 0.3) is 0 Å². The van der Waals surface area contributed by atoms with E-state index in [1.54, 1.807) is 0 Å². The number of benzene rings is 6. The van der Waals surface area contributed by atoms with E-state index >= 15 is 0 Å². The molecule has 0 aliphatic heterocycles. The van der Waals surface area contributed by atoms with Crippen LogP contribution in [-0.4, -0.2) is 51.6 Å². The van der Waals surface area contributed by atoms with Crippen LogP contribution in [-0.2, 0) is 67.9 Å². The molecule has 12 aromatic rings. The molecule has 24 rings (SSSR count). The van der Waals surface area contributed by atoms with Crippen LogP contribution in [0.2, 0.25) is 72.5 Å². The van der Waals surface area contributed by atoms with Gasteiger partial charge in [0, 0.05) is 128 Å². The molecule has 6 saturated carbocycles. The van der Waals surface area contributed by atoms with Crippen molar-refractivity contribution in [3.63, 3.8) is 0 Å². The van der Waals surface area contributed by atoms with Crippen LogP contribution in [0.15, 0.2) is 329 Å². The summed E-state index contributed by atoms with van der Waals surface area (Å²) in [6.07, 6.45) is 65.8. The van der Waals surface area contributed by atoms with Crippen molar-refractivity contribution in [2.75, 3.05) is 0 Å². The van der Waals surface area contributed by atoms with Crippen molar-refractivity contribution >= 4 is 158 Å². The van der Waals surface area contributed by atoms with Crippen LogP contribution in [0, 0.1) is 166 Å². The largest absolute Gasteiger partial charge is 4.00 e. The molecule has 720 valence electrons. The SMILES string of the molecule is CC1CC2C(n3c4ccccc4c4ccccc43)=CC=CC2C1[Si](C)(C)C1C(C)CC2C(n3c4ccccc4c4ccccc43)=CC=CC21.CC1CC2C(n3ccc4ccccc43)=CC=CC2C1[Si](C)(C)C1C(C)CC2C(n3ccc4ccccc43)=CC=CC21.CC1CC2C(n3cccc3)=CC=CC2C1[Si](C)(C)C1C(C)CC2C(n3cccc3)=CC=CC21.[CH3-].[CH3-].[CH3-].[CH3-].[CH3-].[CH3-].[CH3-].[CH3-].[Cl][Zr+2][Cl].[Cl][Zr+2][Cl].[Zr+4]. The van der Waals surface area contributed by atoms with Crippen molar-refractivity contribution in [2.24, 2.45) is 107 Å². The fourth-order valence-electron chi connectivity index (χ4n) is 31.5. The maximum absolute atomic E-state index is 4.93. The van der Waals surface area contributed by atoms with Gasteiger partial charge in [0.05, 0.1) is 57.3 Å². The summed E-state index contributed by atoms with van der Waals surface area (Å²) in [5, 5.41) is 8.14. The molecule has 6 nitrogen and oxygen atoms in total. The number of fused-ring (bicyclic) bond motifs is 14. The molecule has 0 radical (unpaired) electrons. The predicted octanol–water partition coefficient (Wildman–Crippen LogP) is 36.7. The third kappa shape index (κ3) is 19.6. The molecule has 0 spiro atoms. The second-order valence-corrected chi connectivity index (χ2v) is 64.8. The van der Waals surface area contributed by atoms with Gasteiger partial charge < -0.3 is 86.8 Å². The molecule has 0 N–H and O–H groups in total. The number of allylic oxidation sites excluding steroid dienone is 24. The van der Waals surface area contributed by atoms with Crippen LogP contribution >= 0.6 is 34.1 Å². The van der Waals surface area contributed by atoms with Crippen molar-refractivity contribution in [3.8, 4) is 0 Å². The summed E-state index contributed by atoms with van der Waals surface area (Å²) in [6, 6.07) is 67.1. The monoisotopic (exact) mass is 2190 g/mol. The summed E-state index contributed by atoms with van der Waals surface area (Å²) in [5.74, 6) is 12.1. The number of nitrogens with zero attached hydrogens (tertiary/aromatic N) is 6. The van der Waals surface area contributed by atoms with E-state index in [1.807, 2.05) is 0 Å². The third-order valence-corrected chi connectivity index (χ3v) is 51.0. The first-order valence-corrected chi connectivity index (χ1v) is 70.4. The Morgan fingerprint density at radius 3 is 0.688 bits per heavy atom. The van der Waals surface area contributed by atoms with Crippen molar-refractivity contribution in [2.45, 2.75) is 153 Å². The fraction of sp³-hybridized carbons (Fsp3) is 0.344. The van der Waals surface area contributed by atoms with E-state index in [9.17, 15) is 0 Å². The van der Waals surface area contributed by atoms with Crippen LogP contribution in [0.3, 0.4) is 0 Å². The van der Waals surface area contributed by atoms with E-state index in [1.165, 1.54) is 138 Å². The van der Waals surface area contributed by atoms with Crippen molar-refractivity contribution in [1.82, 2.24) is 27.4 Å². The molecule has 24 unspecified atom stereocenters. The van der Waals surface area contributed by atoms with Gasteiger partial charge in [-0.15, -0.1) is 0 Å². The summed E-state index contributed by atoms with van der Waals surface area (Å²) in [4.78, 5) is 0. The van der Waals surface area contributed by atoms with E-state index in [-0.39, 0.29) is 85.6 Å². The van der Waals surface area contributed by atoms with Gasteiger partial charge in [-0.3, -0.25) is 0 Å². The molecular formula is C122H150Cl4N6Si3Zr3. The average Bonchev–Trinajstić information content (AvgIpc) is 1.57. The smallest absolute Gasteiger partial charge is 4.00 e. The van der Waals surface area contributed by atoms with Gasteiger partial charge in [0.1, 0.15) is 0 Å². The molecule has 6 heterocycles. The molecule has 0 saturated heterocycles. The van der Waals surface area contributed by atoms with Crippen molar-refractivity contribution in [1.29, 1.82) is 0 Å². The Morgan fingerprint density at radius 1 is 0.246 bits per heavy atom. The summed E-state index contributed by atoms with van der Waals surface area (Å²) in [6.45, 7) is 32.1. The Bertz CT molecular complexity index is 6080. The van der Waals surface area contributed by atoms with E-state index in [0.29, 0.717) is 82.9 Å². The zero-order valence-corrected chi connectivity index (χ0v) is 98.9. The molecule has 0 amide bonds. The van der Waals surface area contributed by atoms with Crippen LogP contribution in [0.1, 0.15) is 80.1 Å². The molecule has 138 heavy (non-hydrogen) atoms. The summed E-state index contributed by atoms with van der Waals surface area (Å²) in [7, 11) is 14.7. The molecular weight excluding hydrogens is 2050 g/mol. The number of hydrogen-bond donors (Lipinski definition) is 0. The van der Waals surface area contributed by atoms with Gasteiger partial charge in [-0.2, -0.15) is 0 Å². The number of hydrogen-bond acceptors (Lipinski definition) is 0. The normalized spacial score (nSPS) is 29.4. The first-order valence-electron chi connectivity index (χ1n) is 48.3. The van der Waals surface area contributed by atoms with Gasteiger partial charge in [-0.1, -0.05) is 263 Å². The zero-order chi connectivity index (χ0) is 89.1. The van der Waals surface area contributed by atoms with Crippen LogP contribution < -0.4 is 0 Å². The van der Waals surface area contributed by atoms with Crippen molar-refractivity contribution in [3.05, 3.63) is 388 Å². The standard InChI is InChI=1S/C46H46N2Si.C38H42N2Si.C30H38N2Si.8CH3.4ClH.3Zr/c1-29-27-37-35(19-13-25-43(37)47-39-21-9-5-15-31(39)32-16-6-10-22-40(32)47)45(29)49(3,4)46-30(2)28-38-36(46)20-14-26-44(38)48-41-23-11-7-17-33(41)34-18-8-12-24-42(34)48;1-25-23-31-29(13-9-17-35(31)39-21-19-27-11-5-7-15-33(27)39)37(25)41(3,4)38-26(2)24-32-30(38)14-10-18-36(32)40-22-20-28-12-6-8-16-34(28)40;1-21-19-25-23(11-9-13-27(25)31-15-5-6-16-31)29(21)33(3,4)30-22(2)20-26-24(30)12-10-14-28(26)32-17-7-8-18-32;;;;;;;;;;;;;;;/h5-26,29-30,35-38,45-46H,27-28H2,1-4H3;5-22,25-26,29-32,37-38H,23-24H2,1-4H3;5-18,21-26,29-30H,19-20H2,1-4H3;8*1H3;4*1H;;;/q;;;8*-1;;;;;3*+4/p-4. The Morgan fingerprint density at radius 2 is 0.442 bits per heavy atom. The zero-order valence-electron chi connectivity index (χ0n) is 85.5. The Kier molecular flexibility index (Phi) is 37.8. The number of rotatable bonds is 12. The maximum atomic E-state index is 4.93. The van der Waals surface area contributed by atoms with Crippen LogP contribution in [0.4, 0.5) is 0 Å². The Labute approximate surface area is 890 Å². The molecule has 6 aromatic carbocycles. The molecule has 6 aromatic heterocycles. The van der Waals surface area contributed by atoms with Crippen LogP contribution in [0.25, 0.3) is 99.6 Å². The summed E-state index contributed by atoms with van der Waals surface area (Å²) in [5.41, 5.74) is 22.0. The van der Waals surface area contributed by atoms with Gasteiger partial charge in [-0.25, -0.2) is 0 Å². The second kappa shape index (κ2) is 46.5. The number of halogens is 4. The molecule has 12 aliphatic rings. The van der Waals surface area contributed by atoms with E-state index < -0.39 is 65.9 Å². The van der Waals surface area contributed by atoms with E-state index in [4.69, 9.17) is 34.1 Å². The first-order chi connectivity index (χ1) is 62.7. The minimum Gasteiger partial charge on any atom is 4.00 e. The molecule has 16 heteroatoms. The maximum Gasteiger partial charge on any atom is 4.00 e. The van der Waals surface area contributed by atoms with E-state index in [2.05, 4.69) is 437 Å². The van der Waals surface area contributed by atoms with Gasteiger partial charge in [0.2, 0.25) is 0 Å². The average molecular weight is 2200 g/mol. The summed E-state index contributed by atoms with van der Waals surface area (Å²) >= 11 is -1.65. The number of aromatic nitrogens is 6. The minimum atomic E-state index is -1.80. The number of para-hydroxylation sites is 6. The summed E-state index contributed by atoms with van der Waals surface area (Å²) < 4.78 is 15.0. The van der Waals surface area contributed by atoms with Crippen LogP contribution in [0.5, 0.6) is 0 Å². The minimum absolute atomic E-state index is 0. The molecule has 0 bridgehead atoms. The first kappa shape index (κ1) is 112. The fourth-order valence-corrected chi connectivity index (χ4v) is 50.5.